The Morgan fingerprint density at radius 2 is 1.19 bits per heavy atom. The predicted molar refractivity (Wildman–Crippen MR) is 119 cm³/mol. The van der Waals surface area contributed by atoms with Crippen molar-refractivity contribution in [3.05, 3.63) is 18.2 Å². The number of hydrogen-bond donors (Lipinski definition) is 0. The maximum Gasteiger partial charge on any atom is 0.256 e. The number of hydrogen-bond acceptors (Lipinski definition) is 0. The third kappa shape index (κ3) is 11.0. The van der Waals surface area contributed by atoms with E-state index in [0.717, 1.165) is 0 Å². The van der Waals surface area contributed by atoms with Gasteiger partial charge in [0.15, 0.2) is 0 Å². The van der Waals surface area contributed by atoms with Crippen molar-refractivity contribution in [2.24, 2.45) is 0 Å². The first-order valence-electron chi connectivity index (χ1n) is 12.3. The Labute approximate surface area is 170 Å². The molecule has 0 bridgehead atoms. The molecule has 0 spiro atoms. The molecule has 0 aliphatic heterocycles. The first-order chi connectivity index (χ1) is 13.2. The molecule has 1 aromatic rings. The quantitative estimate of drug-likeness (QED) is 0.182. The van der Waals surface area contributed by atoms with Gasteiger partial charge in [-0.3, -0.25) is 0 Å². The maximum atomic E-state index is 2.55. The van der Waals surface area contributed by atoms with Crippen LogP contribution >= 0.6 is 0 Å². The first kappa shape index (κ1) is 24.2. The molecule has 0 N–H and O–H groups in total. The van der Waals surface area contributed by atoms with Gasteiger partial charge < -0.3 is 0 Å². The Balaban J connectivity index is 2.28. The fourth-order valence-corrected chi connectivity index (χ4v) is 4.08. The molecule has 0 amide bonds. The second-order valence-electron chi connectivity index (χ2n) is 8.75. The van der Waals surface area contributed by atoms with Gasteiger partial charge in [0.1, 0.15) is 12.4 Å². The molecule has 1 aromatic heterocycles. The van der Waals surface area contributed by atoms with E-state index in [1.54, 1.807) is 5.82 Å². The summed E-state index contributed by atoms with van der Waals surface area (Å²) in [5, 5.41) is 0. The highest BCUT2D eigenvalue weighted by atomic mass is 15.2. The van der Waals surface area contributed by atoms with Crippen molar-refractivity contribution in [2.45, 2.75) is 143 Å². The minimum absolute atomic E-state index is 0.574. The number of nitrogens with zero attached hydrogens (tertiary/aromatic N) is 2. The van der Waals surface area contributed by atoms with Gasteiger partial charge in [0.2, 0.25) is 0 Å². The van der Waals surface area contributed by atoms with Crippen LogP contribution < -0.4 is 4.57 Å². The molecule has 2 heteroatoms. The van der Waals surface area contributed by atoms with Gasteiger partial charge in [-0.25, -0.2) is 9.13 Å². The zero-order chi connectivity index (χ0) is 19.7. The number of aromatic nitrogens is 2. The van der Waals surface area contributed by atoms with E-state index in [-0.39, 0.29) is 0 Å². The molecule has 0 unspecified atom stereocenters. The molecule has 158 valence electrons. The average Bonchev–Trinajstić information content (AvgIpc) is 3.06. The predicted octanol–water partition coefficient (Wildman–Crippen LogP) is 7.79. The largest absolute Gasteiger partial charge is 0.256 e. The van der Waals surface area contributed by atoms with Gasteiger partial charge in [-0.05, 0) is 33.1 Å². The van der Waals surface area contributed by atoms with Crippen molar-refractivity contribution in [3.8, 4) is 0 Å². The Morgan fingerprint density at radius 3 is 1.70 bits per heavy atom. The molecule has 0 atom stereocenters. The van der Waals surface area contributed by atoms with Crippen LogP contribution in [0.2, 0.25) is 0 Å². The van der Waals surface area contributed by atoms with Crippen LogP contribution in [0.15, 0.2) is 12.4 Å². The molecule has 0 aromatic carbocycles. The van der Waals surface area contributed by atoms with E-state index in [1.807, 2.05) is 0 Å². The van der Waals surface area contributed by atoms with Gasteiger partial charge in [0.05, 0.1) is 12.6 Å². The van der Waals surface area contributed by atoms with Crippen LogP contribution in [0.5, 0.6) is 0 Å². The molecule has 0 aliphatic carbocycles. The lowest BCUT2D eigenvalue weighted by atomic mass is 10.1. The van der Waals surface area contributed by atoms with E-state index < -0.39 is 0 Å². The number of aryl methyl sites for hydroxylation is 1. The van der Waals surface area contributed by atoms with Crippen LogP contribution in [0.25, 0.3) is 0 Å². The molecule has 0 aliphatic rings. The van der Waals surface area contributed by atoms with Crippen LogP contribution in [0.1, 0.15) is 136 Å². The highest BCUT2D eigenvalue weighted by Gasteiger charge is 2.18. The topological polar surface area (TPSA) is 8.81 Å². The molecule has 0 radical (unpaired) electrons. The van der Waals surface area contributed by atoms with E-state index in [1.165, 1.54) is 109 Å². The summed E-state index contributed by atoms with van der Waals surface area (Å²) in [5.74, 6) is 1.56. The molecule has 0 saturated carbocycles. The van der Waals surface area contributed by atoms with Crippen molar-refractivity contribution in [1.29, 1.82) is 0 Å². The van der Waals surface area contributed by atoms with Crippen LogP contribution in [0, 0.1) is 0 Å². The third-order valence-electron chi connectivity index (χ3n) is 5.85. The molecule has 1 rings (SSSR count). The van der Waals surface area contributed by atoms with Crippen molar-refractivity contribution in [1.82, 2.24) is 4.57 Å². The van der Waals surface area contributed by atoms with Gasteiger partial charge in [-0.2, -0.15) is 0 Å². The molecule has 27 heavy (non-hydrogen) atoms. The molecule has 1 heterocycles. The Kier molecular flexibility index (Phi) is 14.5. The molecular weight excluding hydrogens is 328 g/mol. The summed E-state index contributed by atoms with van der Waals surface area (Å²) in [7, 11) is 0. The van der Waals surface area contributed by atoms with Crippen molar-refractivity contribution in [2.75, 3.05) is 0 Å². The summed E-state index contributed by atoms with van der Waals surface area (Å²) in [4.78, 5) is 0. The minimum Gasteiger partial charge on any atom is -0.234 e. The summed E-state index contributed by atoms with van der Waals surface area (Å²) in [6, 6.07) is 0.574. The Morgan fingerprint density at radius 1 is 0.704 bits per heavy atom. The summed E-state index contributed by atoms with van der Waals surface area (Å²) in [6.45, 7) is 10.4. The summed E-state index contributed by atoms with van der Waals surface area (Å²) in [6.07, 6.45) is 26.9. The lowest BCUT2D eigenvalue weighted by molar-refractivity contribution is -0.722. The van der Waals surface area contributed by atoms with Gasteiger partial charge >= 0.3 is 0 Å². The summed E-state index contributed by atoms with van der Waals surface area (Å²) < 4.78 is 5.05. The van der Waals surface area contributed by atoms with Crippen LogP contribution in [0.4, 0.5) is 0 Å². The Hall–Kier alpha value is -0.790. The van der Waals surface area contributed by atoms with Crippen molar-refractivity contribution in [3.63, 3.8) is 0 Å². The molecule has 0 saturated heterocycles. The standard InChI is InChI=1S/C25H49N2/c1-5-7-9-11-13-14-15-17-19-21-26-22-23-27(24(3)4)25(26)20-18-16-12-10-8-6-2/h22-24H,5-21H2,1-4H3/q+1. The van der Waals surface area contributed by atoms with E-state index in [0.29, 0.717) is 6.04 Å². The van der Waals surface area contributed by atoms with Crippen LogP contribution in [0.3, 0.4) is 0 Å². The number of imidazole rings is 1. The fraction of sp³-hybridized carbons (Fsp3) is 0.880. The normalized spacial score (nSPS) is 11.6. The lowest BCUT2D eigenvalue weighted by Crippen LogP contribution is -2.39. The summed E-state index contributed by atoms with van der Waals surface area (Å²) >= 11 is 0. The van der Waals surface area contributed by atoms with Gasteiger partial charge in [0, 0.05) is 6.42 Å². The second kappa shape index (κ2) is 16.2. The molecule has 0 fully saturated rings. The van der Waals surface area contributed by atoms with E-state index in [9.17, 15) is 0 Å². The minimum atomic E-state index is 0.574. The number of unbranched alkanes of at least 4 members (excludes halogenated alkanes) is 13. The first-order valence-corrected chi connectivity index (χ1v) is 12.3. The zero-order valence-corrected chi connectivity index (χ0v) is 19.1. The van der Waals surface area contributed by atoms with Crippen molar-refractivity contribution < 1.29 is 4.57 Å². The van der Waals surface area contributed by atoms with Gasteiger partial charge in [-0.15, -0.1) is 0 Å². The van der Waals surface area contributed by atoms with Gasteiger partial charge in [0.25, 0.3) is 5.82 Å². The highest BCUT2D eigenvalue weighted by Crippen LogP contribution is 2.13. The Bertz CT molecular complexity index is 447. The van der Waals surface area contributed by atoms with Crippen LogP contribution in [-0.4, -0.2) is 4.57 Å². The fourth-order valence-electron chi connectivity index (χ4n) is 4.08. The zero-order valence-electron chi connectivity index (χ0n) is 19.1. The van der Waals surface area contributed by atoms with Gasteiger partial charge in [-0.1, -0.05) is 90.9 Å². The van der Waals surface area contributed by atoms with E-state index >= 15 is 0 Å². The average molecular weight is 378 g/mol. The highest BCUT2D eigenvalue weighted by molar-refractivity contribution is 4.85. The number of rotatable bonds is 18. The SMILES string of the molecule is CCCCCCCCCCCn1cc[n+](C(C)C)c1CCCCCCCC. The van der Waals surface area contributed by atoms with Crippen molar-refractivity contribution >= 4 is 0 Å². The van der Waals surface area contributed by atoms with Crippen LogP contribution in [-0.2, 0) is 13.0 Å². The smallest absolute Gasteiger partial charge is 0.234 e. The maximum absolute atomic E-state index is 2.55. The summed E-state index contributed by atoms with van der Waals surface area (Å²) in [5.41, 5.74) is 0. The lowest BCUT2D eigenvalue weighted by Gasteiger charge is -2.08. The molecular formula is C25H49N2+. The second-order valence-corrected chi connectivity index (χ2v) is 8.75. The van der Waals surface area contributed by atoms with E-state index in [2.05, 4.69) is 49.2 Å². The molecule has 2 nitrogen and oxygen atoms in total. The van der Waals surface area contributed by atoms with E-state index in [4.69, 9.17) is 0 Å². The third-order valence-corrected chi connectivity index (χ3v) is 5.85. The monoisotopic (exact) mass is 377 g/mol.